The minimum Gasteiger partial charge on any atom is -0.351 e. The molecule has 2 rings (SSSR count). The third-order valence-corrected chi connectivity index (χ3v) is 3.17. The Bertz CT molecular complexity index is 412. The van der Waals surface area contributed by atoms with Crippen molar-refractivity contribution in [3.05, 3.63) is 15.9 Å². The van der Waals surface area contributed by atoms with Crippen molar-refractivity contribution in [3.8, 4) is 6.07 Å². The van der Waals surface area contributed by atoms with Crippen LogP contribution in [0.25, 0.3) is 0 Å². The Balaban J connectivity index is 2.19. The fourth-order valence-electron chi connectivity index (χ4n) is 1.82. The fourth-order valence-corrected chi connectivity index (χ4v) is 2.29. The van der Waals surface area contributed by atoms with Crippen LogP contribution in [0.3, 0.4) is 0 Å². The van der Waals surface area contributed by atoms with E-state index in [-0.39, 0.29) is 15.9 Å². The molecule has 0 atom stereocenters. The van der Waals surface area contributed by atoms with Crippen LogP contribution in [0.4, 0.5) is 5.95 Å². The van der Waals surface area contributed by atoms with E-state index < -0.39 is 0 Å². The number of nitriles is 1. The third kappa shape index (κ3) is 2.37. The summed E-state index contributed by atoms with van der Waals surface area (Å²) in [5, 5.41) is 12.1. The quantitative estimate of drug-likeness (QED) is 0.827. The van der Waals surface area contributed by atoms with Crippen molar-refractivity contribution in [3.63, 3.8) is 0 Å². The lowest BCUT2D eigenvalue weighted by Gasteiger charge is -2.12. The highest BCUT2D eigenvalue weighted by Gasteiger charge is 2.17. The van der Waals surface area contributed by atoms with Crippen molar-refractivity contribution in [1.82, 2.24) is 9.97 Å². The number of rotatable bonds is 2. The highest BCUT2D eigenvalue weighted by molar-refractivity contribution is 6.35. The smallest absolute Gasteiger partial charge is 0.225 e. The van der Waals surface area contributed by atoms with E-state index in [1.54, 1.807) is 0 Å². The van der Waals surface area contributed by atoms with E-state index in [0.717, 1.165) is 12.8 Å². The van der Waals surface area contributed by atoms with Gasteiger partial charge in [0.25, 0.3) is 0 Å². The van der Waals surface area contributed by atoms with Gasteiger partial charge in [0.1, 0.15) is 11.6 Å². The molecular formula is C10H10Cl2N4. The predicted molar refractivity (Wildman–Crippen MR) is 62.6 cm³/mol. The number of halogens is 2. The van der Waals surface area contributed by atoms with Gasteiger partial charge in [-0.25, -0.2) is 0 Å². The van der Waals surface area contributed by atoms with E-state index in [2.05, 4.69) is 15.3 Å². The molecule has 0 radical (unpaired) electrons. The SMILES string of the molecule is N#Cc1c(Cl)nc(NC2CCCC2)nc1Cl. The molecule has 0 aliphatic heterocycles. The van der Waals surface area contributed by atoms with Crippen LogP contribution in [0, 0.1) is 11.3 Å². The maximum atomic E-state index is 8.76. The van der Waals surface area contributed by atoms with E-state index in [4.69, 9.17) is 28.5 Å². The molecule has 1 fully saturated rings. The summed E-state index contributed by atoms with van der Waals surface area (Å²) in [6.45, 7) is 0. The Morgan fingerprint density at radius 1 is 1.19 bits per heavy atom. The number of aromatic nitrogens is 2. The minimum atomic E-state index is 0.1000. The van der Waals surface area contributed by atoms with Crippen LogP contribution < -0.4 is 5.32 Å². The van der Waals surface area contributed by atoms with Gasteiger partial charge in [-0.3, -0.25) is 0 Å². The lowest BCUT2D eigenvalue weighted by Crippen LogP contribution is -2.17. The van der Waals surface area contributed by atoms with Crippen LogP contribution in [0.2, 0.25) is 10.3 Å². The van der Waals surface area contributed by atoms with Gasteiger partial charge < -0.3 is 5.32 Å². The van der Waals surface area contributed by atoms with Gasteiger partial charge in [-0.05, 0) is 12.8 Å². The highest BCUT2D eigenvalue weighted by atomic mass is 35.5. The fraction of sp³-hybridized carbons (Fsp3) is 0.500. The van der Waals surface area contributed by atoms with Crippen LogP contribution in [0.15, 0.2) is 0 Å². The number of anilines is 1. The van der Waals surface area contributed by atoms with E-state index in [0.29, 0.717) is 12.0 Å². The molecule has 0 spiro atoms. The van der Waals surface area contributed by atoms with Gasteiger partial charge in [-0.1, -0.05) is 36.0 Å². The number of hydrogen-bond acceptors (Lipinski definition) is 4. The topological polar surface area (TPSA) is 61.6 Å². The molecule has 84 valence electrons. The normalized spacial score (nSPS) is 16.1. The molecule has 1 aliphatic rings. The average Bonchev–Trinajstić information content (AvgIpc) is 2.70. The molecule has 0 unspecified atom stereocenters. The molecule has 1 aromatic heterocycles. The molecule has 16 heavy (non-hydrogen) atoms. The molecule has 0 aromatic carbocycles. The van der Waals surface area contributed by atoms with Crippen LogP contribution in [-0.2, 0) is 0 Å². The predicted octanol–water partition coefficient (Wildman–Crippen LogP) is 3.01. The Morgan fingerprint density at radius 2 is 1.75 bits per heavy atom. The van der Waals surface area contributed by atoms with Crippen molar-refractivity contribution in [2.24, 2.45) is 0 Å². The van der Waals surface area contributed by atoms with Gasteiger partial charge in [-0.2, -0.15) is 15.2 Å². The van der Waals surface area contributed by atoms with Crippen LogP contribution in [0.1, 0.15) is 31.2 Å². The summed E-state index contributed by atoms with van der Waals surface area (Å²) in [4.78, 5) is 8.01. The summed E-state index contributed by atoms with van der Waals surface area (Å²) in [5.41, 5.74) is 0.125. The Hall–Kier alpha value is -1.05. The summed E-state index contributed by atoms with van der Waals surface area (Å²) < 4.78 is 0. The second-order valence-corrected chi connectivity index (χ2v) is 4.46. The molecular weight excluding hydrogens is 247 g/mol. The summed E-state index contributed by atoms with van der Waals surface area (Å²) in [6, 6.07) is 2.26. The molecule has 1 aromatic rings. The first-order valence-electron chi connectivity index (χ1n) is 5.10. The highest BCUT2D eigenvalue weighted by Crippen LogP contribution is 2.25. The molecule has 0 bridgehead atoms. The maximum absolute atomic E-state index is 8.76. The van der Waals surface area contributed by atoms with Crippen molar-refractivity contribution in [2.75, 3.05) is 5.32 Å². The summed E-state index contributed by atoms with van der Waals surface area (Å²) in [5.74, 6) is 0.404. The second-order valence-electron chi connectivity index (χ2n) is 3.74. The molecule has 1 N–H and O–H groups in total. The average molecular weight is 257 g/mol. The van der Waals surface area contributed by atoms with E-state index >= 15 is 0 Å². The lowest BCUT2D eigenvalue weighted by atomic mass is 10.2. The van der Waals surface area contributed by atoms with Gasteiger partial charge in [0, 0.05) is 6.04 Å². The number of nitrogens with one attached hydrogen (secondary N) is 1. The first-order chi connectivity index (χ1) is 7.70. The molecule has 1 heterocycles. The van der Waals surface area contributed by atoms with E-state index in [1.165, 1.54) is 12.8 Å². The van der Waals surface area contributed by atoms with Crippen molar-refractivity contribution in [2.45, 2.75) is 31.7 Å². The van der Waals surface area contributed by atoms with Crippen LogP contribution in [-0.4, -0.2) is 16.0 Å². The molecule has 1 aliphatic carbocycles. The molecule has 1 saturated carbocycles. The maximum Gasteiger partial charge on any atom is 0.225 e. The molecule has 4 nitrogen and oxygen atoms in total. The van der Waals surface area contributed by atoms with Gasteiger partial charge >= 0.3 is 0 Å². The molecule has 6 heteroatoms. The van der Waals surface area contributed by atoms with Crippen molar-refractivity contribution in [1.29, 1.82) is 5.26 Å². The van der Waals surface area contributed by atoms with Gasteiger partial charge in [0.2, 0.25) is 5.95 Å². The van der Waals surface area contributed by atoms with E-state index in [1.807, 2.05) is 6.07 Å². The lowest BCUT2D eigenvalue weighted by molar-refractivity contribution is 0.744. The number of nitrogens with zero attached hydrogens (tertiary/aromatic N) is 3. The van der Waals surface area contributed by atoms with Gasteiger partial charge in [0.15, 0.2) is 10.3 Å². The van der Waals surface area contributed by atoms with Gasteiger partial charge in [-0.15, -0.1) is 0 Å². The summed E-state index contributed by atoms with van der Waals surface area (Å²) >= 11 is 11.6. The zero-order chi connectivity index (χ0) is 11.5. The molecule has 0 saturated heterocycles. The summed E-state index contributed by atoms with van der Waals surface area (Å²) in [7, 11) is 0. The first-order valence-corrected chi connectivity index (χ1v) is 5.86. The number of hydrogen-bond donors (Lipinski definition) is 1. The largest absolute Gasteiger partial charge is 0.351 e. The first kappa shape index (κ1) is 11.4. The zero-order valence-electron chi connectivity index (χ0n) is 8.50. The second kappa shape index (κ2) is 4.86. The minimum absolute atomic E-state index is 0.1000. The zero-order valence-corrected chi connectivity index (χ0v) is 10.0. The van der Waals surface area contributed by atoms with Crippen LogP contribution >= 0.6 is 23.2 Å². The van der Waals surface area contributed by atoms with Crippen LogP contribution in [0.5, 0.6) is 0 Å². The Kier molecular flexibility index (Phi) is 3.47. The van der Waals surface area contributed by atoms with E-state index in [9.17, 15) is 0 Å². The van der Waals surface area contributed by atoms with Crippen molar-refractivity contribution >= 4 is 29.2 Å². The third-order valence-electron chi connectivity index (χ3n) is 2.62. The standard InChI is InChI=1S/C10H10Cl2N4/c11-8-7(5-13)9(12)16-10(15-8)14-6-3-1-2-4-6/h6H,1-4H2,(H,14,15,16). The Morgan fingerprint density at radius 3 is 2.25 bits per heavy atom. The van der Waals surface area contributed by atoms with Gasteiger partial charge in [0.05, 0.1) is 0 Å². The Labute approximate surface area is 104 Å². The molecule has 0 amide bonds. The monoisotopic (exact) mass is 256 g/mol. The summed E-state index contributed by atoms with van der Waals surface area (Å²) in [6.07, 6.45) is 4.65. The van der Waals surface area contributed by atoms with Crippen molar-refractivity contribution < 1.29 is 0 Å².